The van der Waals surface area contributed by atoms with E-state index in [1.165, 1.54) is 11.0 Å². The quantitative estimate of drug-likeness (QED) is 0.173. The number of nitrogens with zero attached hydrogens (tertiary/aromatic N) is 5. The SMILES string of the molecule is Cc1c(-c2cc3cc(NC(=O)OC4CC5(CCN(CC6CCN(c7ccc8c(c7F)CN(C7CCC(=O)NC7=O)C8=O)CC6)C(C)C5)C4)ncc3cc2F)cnc2c1NCCO2. The number of ether oxygens (including phenoxy) is 2. The molecule has 1 spiro atoms. The van der Waals surface area contributed by atoms with Gasteiger partial charge in [0.05, 0.1) is 12.2 Å². The van der Waals surface area contributed by atoms with Gasteiger partial charge in [0.15, 0.2) is 5.82 Å². The minimum Gasteiger partial charge on any atom is -0.474 e. The second kappa shape index (κ2) is 15.8. The number of hydrogen-bond donors (Lipinski definition) is 3. The highest BCUT2D eigenvalue weighted by molar-refractivity contribution is 6.05. The predicted molar refractivity (Wildman–Crippen MR) is 227 cm³/mol. The number of carbonyl (C=O) groups excluding carboxylic acids is 4. The molecule has 62 heavy (non-hydrogen) atoms. The van der Waals surface area contributed by atoms with E-state index in [1.54, 1.807) is 36.7 Å². The summed E-state index contributed by atoms with van der Waals surface area (Å²) >= 11 is 0. The number of aromatic nitrogens is 2. The highest BCUT2D eigenvalue weighted by Gasteiger charge is 2.50. The van der Waals surface area contributed by atoms with Crippen LogP contribution in [0.4, 0.5) is 30.8 Å². The number of carbonyl (C=O) groups is 4. The molecule has 16 heteroatoms. The lowest BCUT2D eigenvalue weighted by Crippen LogP contribution is -2.54. The highest BCUT2D eigenvalue weighted by atomic mass is 19.1. The molecule has 0 bridgehead atoms. The van der Waals surface area contributed by atoms with Gasteiger partial charge in [-0.05, 0) is 118 Å². The number of amides is 4. The molecule has 3 N–H and O–H groups in total. The van der Waals surface area contributed by atoms with E-state index in [1.807, 2.05) is 6.92 Å². The van der Waals surface area contributed by atoms with Crippen LogP contribution >= 0.6 is 0 Å². The van der Waals surface area contributed by atoms with Gasteiger partial charge in [0.25, 0.3) is 5.91 Å². The second-order valence-electron chi connectivity index (χ2n) is 18.1. The van der Waals surface area contributed by atoms with Gasteiger partial charge in [-0.25, -0.2) is 23.5 Å². The van der Waals surface area contributed by atoms with Crippen LogP contribution in [0.25, 0.3) is 21.9 Å². The molecule has 2 aromatic heterocycles. The fourth-order valence-corrected chi connectivity index (χ4v) is 10.8. The van der Waals surface area contributed by atoms with Crippen molar-refractivity contribution in [2.75, 3.05) is 54.9 Å². The maximum absolute atomic E-state index is 16.0. The van der Waals surface area contributed by atoms with Crippen molar-refractivity contribution in [2.24, 2.45) is 11.3 Å². The molecule has 4 fully saturated rings. The van der Waals surface area contributed by atoms with Crippen molar-refractivity contribution in [2.45, 2.75) is 89.9 Å². The zero-order chi connectivity index (χ0) is 42.9. The van der Waals surface area contributed by atoms with Crippen LogP contribution in [0.15, 0.2) is 42.7 Å². The van der Waals surface area contributed by atoms with Crippen molar-refractivity contribution in [1.29, 1.82) is 0 Å². The summed E-state index contributed by atoms with van der Waals surface area (Å²) in [4.78, 5) is 65.1. The standard InChI is InChI=1S/C46H50F2N8O6/c1-25-18-46(9-13-55(25)23-27-7-11-54(12-8-27)36-4-3-31-34(40(36)48)24-56(44(31)59)37-5-6-39(57)53-42(37)58)19-30(20-46)62-45(60)52-38-17-28-15-32(35(47)16-29(28)21-50-38)33-22-51-43-41(26(33)2)49-10-14-61-43/h3-4,15-17,21-22,25,27,30,37,49H,5-14,18-20,23-24H2,1-2H3,(H,50,52,60)(H,53,57,58). The molecule has 5 aliphatic heterocycles. The lowest BCUT2D eigenvalue weighted by atomic mass is 9.60. The van der Waals surface area contributed by atoms with Gasteiger partial charge in [-0.15, -0.1) is 0 Å². The van der Waals surface area contributed by atoms with Crippen LogP contribution in [0.1, 0.15) is 79.8 Å². The second-order valence-corrected chi connectivity index (χ2v) is 18.1. The first-order chi connectivity index (χ1) is 29.9. The number of hydrogen-bond acceptors (Lipinski definition) is 11. The van der Waals surface area contributed by atoms with Crippen molar-refractivity contribution in [3.05, 3.63) is 71.1 Å². The molecule has 4 amide bonds. The zero-order valence-corrected chi connectivity index (χ0v) is 34.9. The van der Waals surface area contributed by atoms with Gasteiger partial charge in [-0.2, -0.15) is 0 Å². The average molecular weight is 849 g/mol. The van der Waals surface area contributed by atoms with E-state index in [2.05, 4.69) is 42.6 Å². The van der Waals surface area contributed by atoms with Crippen LogP contribution in [0, 0.1) is 29.9 Å². The molecule has 2 atom stereocenters. The van der Waals surface area contributed by atoms with Crippen LogP contribution in [0.5, 0.6) is 5.88 Å². The molecule has 1 aliphatic carbocycles. The number of likely N-dealkylation sites (tertiary alicyclic amines) is 1. The number of imide groups is 1. The molecule has 324 valence electrons. The monoisotopic (exact) mass is 848 g/mol. The van der Waals surface area contributed by atoms with E-state index in [0.29, 0.717) is 77.7 Å². The molecule has 2 aromatic carbocycles. The zero-order valence-electron chi connectivity index (χ0n) is 34.9. The lowest BCUT2D eigenvalue weighted by Gasteiger charge is -2.54. The average Bonchev–Trinajstić information content (AvgIpc) is 3.58. The first-order valence-electron chi connectivity index (χ1n) is 21.8. The van der Waals surface area contributed by atoms with Gasteiger partial charge >= 0.3 is 6.09 Å². The molecule has 3 saturated heterocycles. The number of benzene rings is 2. The van der Waals surface area contributed by atoms with Crippen LogP contribution < -0.4 is 25.6 Å². The number of rotatable bonds is 7. The fraction of sp³-hybridized carbons (Fsp3) is 0.478. The Labute approximate surface area is 357 Å². The molecular weight excluding hydrogens is 799 g/mol. The van der Waals surface area contributed by atoms with Gasteiger partial charge in [0.1, 0.15) is 36.1 Å². The smallest absolute Gasteiger partial charge is 0.413 e. The Morgan fingerprint density at radius 1 is 0.984 bits per heavy atom. The molecule has 14 nitrogen and oxygen atoms in total. The molecule has 7 heterocycles. The third-order valence-corrected chi connectivity index (χ3v) is 14.2. The summed E-state index contributed by atoms with van der Waals surface area (Å²) in [5.41, 5.74) is 3.90. The predicted octanol–water partition coefficient (Wildman–Crippen LogP) is 6.55. The summed E-state index contributed by atoms with van der Waals surface area (Å²) in [6.45, 7) is 8.78. The molecule has 2 unspecified atom stereocenters. The first kappa shape index (κ1) is 40.2. The lowest BCUT2D eigenvalue weighted by molar-refractivity contribution is -0.136. The van der Waals surface area contributed by atoms with Gasteiger partial charge in [0.2, 0.25) is 17.7 Å². The molecular formula is C46H50F2N8O6. The van der Waals surface area contributed by atoms with E-state index < -0.39 is 29.7 Å². The number of fused-ring (bicyclic) bond motifs is 3. The largest absolute Gasteiger partial charge is 0.474 e. The van der Waals surface area contributed by atoms with Crippen LogP contribution in [-0.4, -0.2) is 101 Å². The maximum Gasteiger partial charge on any atom is 0.413 e. The Hall–Kier alpha value is -5.90. The molecule has 6 aliphatic rings. The van der Waals surface area contributed by atoms with E-state index >= 15 is 8.78 Å². The number of anilines is 3. The summed E-state index contributed by atoms with van der Waals surface area (Å²) in [5.74, 6) is -0.716. The highest BCUT2D eigenvalue weighted by Crippen LogP contribution is 2.52. The number of piperidine rings is 3. The summed E-state index contributed by atoms with van der Waals surface area (Å²) in [6, 6.07) is 7.89. The van der Waals surface area contributed by atoms with Gasteiger partial charge in [-0.3, -0.25) is 25.0 Å². The third-order valence-electron chi connectivity index (χ3n) is 14.2. The summed E-state index contributed by atoms with van der Waals surface area (Å²) in [6.07, 6.45) is 8.41. The van der Waals surface area contributed by atoms with Gasteiger partial charge in [-0.1, -0.05) is 0 Å². The van der Waals surface area contributed by atoms with E-state index in [0.717, 1.165) is 68.3 Å². The number of pyridine rings is 2. The summed E-state index contributed by atoms with van der Waals surface area (Å²) < 4.78 is 42.9. The van der Waals surface area contributed by atoms with Crippen LogP contribution in [0.3, 0.4) is 0 Å². The Balaban J connectivity index is 0.692. The third kappa shape index (κ3) is 7.35. The van der Waals surface area contributed by atoms with Crippen molar-refractivity contribution in [1.82, 2.24) is 25.1 Å². The Bertz CT molecular complexity index is 2510. The minimum absolute atomic E-state index is 0.0176. The topological polar surface area (TPSA) is 158 Å². The van der Waals surface area contributed by atoms with Crippen molar-refractivity contribution in [3.8, 4) is 17.0 Å². The van der Waals surface area contributed by atoms with Crippen LogP contribution in [-0.2, 0) is 20.9 Å². The molecule has 4 aromatic rings. The van der Waals surface area contributed by atoms with Gasteiger partial charge < -0.3 is 29.5 Å². The van der Waals surface area contributed by atoms with Crippen molar-refractivity contribution in [3.63, 3.8) is 0 Å². The normalized spacial score (nSPS) is 25.2. The van der Waals surface area contributed by atoms with Crippen LogP contribution in [0.2, 0.25) is 0 Å². The maximum atomic E-state index is 16.0. The Morgan fingerprint density at radius 2 is 1.81 bits per heavy atom. The Morgan fingerprint density at radius 3 is 2.60 bits per heavy atom. The van der Waals surface area contributed by atoms with E-state index in [4.69, 9.17) is 9.47 Å². The summed E-state index contributed by atoms with van der Waals surface area (Å²) in [5, 5.41) is 9.70. The van der Waals surface area contributed by atoms with E-state index in [9.17, 15) is 19.2 Å². The van der Waals surface area contributed by atoms with Crippen molar-refractivity contribution < 1.29 is 37.4 Å². The molecule has 10 rings (SSSR count). The number of nitrogens with one attached hydrogen (secondary N) is 3. The summed E-state index contributed by atoms with van der Waals surface area (Å²) in [7, 11) is 0. The molecule has 0 radical (unpaired) electrons. The first-order valence-corrected chi connectivity index (χ1v) is 21.8. The minimum atomic E-state index is -0.779. The van der Waals surface area contributed by atoms with E-state index in [-0.39, 0.29) is 48.3 Å². The van der Waals surface area contributed by atoms with Crippen molar-refractivity contribution >= 4 is 51.8 Å². The fourth-order valence-electron chi connectivity index (χ4n) is 10.8. The molecule has 1 saturated carbocycles. The Kier molecular flexibility index (Phi) is 10.2. The van der Waals surface area contributed by atoms with Gasteiger partial charge in [0, 0.05) is 78.7 Å². The number of halogens is 2.